The lowest BCUT2D eigenvalue weighted by atomic mass is 10.0. The van der Waals surface area contributed by atoms with Crippen molar-refractivity contribution in [3.8, 4) is 0 Å². The van der Waals surface area contributed by atoms with Gasteiger partial charge >= 0.3 is 0 Å². The Morgan fingerprint density at radius 1 is 1.07 bits per heavy atom. The van der Waals surface area contributed by atoms with Crippen LogP contribution in [-0.4, -0.2) is 0 Å². The van der Waals surface area contributed by atoms with Crippen LogP contribution in [0.25, 0.3) is 0 Å². The molecule has 0 saturated carbocycles. The van der Waals surface area contributed by atoms with Crippen LogP contribution in [0.4, 0.5) is 8.78 Å². The fourth-order valence-electron chi connectivity index (χ4n) is 1.40. The van der Waals surface area contributed by atoms with E-state index in [0.717, 1.165) is 6.07 Å². The third-order valence-electron chi connectivity index (χ3n) is 2.15. The lowest BCUT2D eigenvalue weighted by Crippen LogP contribution is -2.11. The molecule has 1 unspecified atom stereocenters. The molecule has 1 heterocycles. The van der Waals surface area contributed by atoms with E-state index >= 15 is 0 Å². The number of nitrogens with two attached hydrogens (primary N) is 1. The zero-order chi connectivity index (χ0) is 10.8. The maximum absolute atomic E-state index is 12.9. The fourth-order valence-corrected chi connectivity index (χ4v) is 1.40. The number of hydrogen-bond acceptors (Lipinski definition) is 2. The van der Waals surface area contributed by atoms with Crippen LogP contribution < -0.4 is 5.73 Å². The molecule has 15 heavy (non-hydrogen) atoms. The maximum atomic E-state index is 12.9. The molecule has 2 N–H and O–H groups in total. The quantitative estimate of drug-likeness (QED) is 0.825. The average Bonchev–Trinajstić information content (AvgIpc) is 2.67. The van der Waals surface area contributed by atoms with E-state index in [1.54, 1.807) is 6.07 Å². The van der Waals surface area contributed by atoms with Gasteiger partial charge in [0, 0.05) is 11.6 Å². The number of furan rings is 1. The minimum absolute atomic E-state index is 0.383. The lowest BCUT2D eigenvalue weighted by molar-refractivity contribution is 0.560. The summed E-state index contributed by atoms with van der Waals surface area (Å²) < 4.78 is 30.7. The Morgan fingerprint density at radius 2 is 1.73 bits per heavy atom. The van der Waals surface area contributed by atoms with Crippen molar-refractivity contribution in [1.82, 2.24) is 0 Å². The highest BCUT2D eigenvalue weighted by Gasteiger charge is 2.12. The summed E-state index contributed by atoms with van der Waals surface area (Å²) in [5.41, 5.74) is 6.87. The van der Waals surface area contributed by atoms with Crippen molar-refractivity contribution in [2.24, 2.45) is 5.73 Å². The van der Waals surface area contributed by atoms with E-state index in [4.69, 9.17) is 10.2 Å². The lowest BCUT2D eigenvalue weighted by Gasteiger charge is -2.09. The standard InChI is InChI=1S/C11H9F2NO/c12-9-3-8(4-10(13)5-9)11(14)7-1-2-15-6-7/h1-6,11H,14H2. The molecule has 1 aromatic carbocycles. The minimum atomic E-state index is -0.635. The number of halogens is 2. The highest BCUT2D eigenvalue weighted by atomic mass is 19.1. The molecule has 0 radical (unpaired) electrons. The van der Waals surface area contributed by atoms with E-state index in [-0.39, 0.29) is 0 Å². The molecule has 0 amide bonds. The molecule has 0 fully saturated rings. The first-order chi connectivity index (χ1) is 7.16. The van der Waals surface area contributed by atoms with Gasteiger partial charge < -0.3 is 10.2 Å². The summed E-state index contributed by atoms with van der Waals surface area (Å²) in [6.45, 7) is 0. The summed E-state index contributed by atoms with van der Waals surface area (Å²) in [5, 5.41) is 0. The predicted molar refractivity (Wildman–Crippen MR) is 51.1 cm³/mol. The summed E-state index contributed by atoms with van der Waals surface area (Å²) in [4.78, 5) is 0. The Kier molecular flexibility index (Phi) is 2.51. The van der Waals surface area contributed by atoms with Crippen LogP contribution in [0.15, 0.2) is 41.2 Å². The van der Waals surface area contributed by atoms with Gasteiger partial charge in [0.1, 0.15) is 11.6 Å². The average molecular weight is 209 g/mol. The van der Waals surface area contributed by atoms with Crippen molar-refractivity contribution >= 4 is 0 Å². The van der Waals surface area contributed by atoms with Crippen molar-refractivity contribution in [2.75, 3.05) is 0 Å². The molecule has 1 aromatic heterocycles. The van der Waals surface area contributed by atoms with Gasteiger partial charge in [-0.25, -0.2) is 8.78 Å². The van der Waals surface area contributed by atoms with E-state index < -0.39 is 17.7 Å². The molecule has 0 bridgehead atoms. The second-order valence-corrected chi connectivity index (χ2v) is 3.24. The minimum Gasteiger partial charge on any atom is -0.472 e. The fraction of sp³-hybridized carbons (Fsp3) is 0.0909. The van der Waals surface area contributed by atoms with Crippen LogP contribution in [0.5, 0.6) is 0 Å². The van der Waals surface area contributed by atoms with Gasteiger partial charge in [-0.1, -0.05) is 0 Å². The van der Waals surface area contributed by atoms with Crippen molar-refractivity contribution in [1.29, 1.82) is 0 Å². The van der Waals surface area contributed by atoms with Crippen molar-refractivity contribution in [3.63, 3.8) is 0 Å². The molecule has 0 saturated heterocycles. The Morgan fingerprint density at radius 3 is 2.27 bits per heavy atom. The van der Waals surface area contributed by atoms with Gasteiger partial charge in [-0.2, -0.15) is 0 Å². The van der Waals surface area contributed by atoms with E-state index in [0.29, 0.717) is 11.1 Å². The first-order valence-electron chi connectivity index (χ1n) is 4.40. The largest absolute Gasteiger partial charge is 0.472 e. The highest BCUT2D eigenvalue weighted by Crippen LogP contribution is 2.21. The van der Waals surface area contributed by atoms with E-state index in [1.165, 1.54) is 24.7 Å². The van der Waals surface area contributed by atoms with Crippen LogP contribution in [0.1, 0.15) is 17.2 Å². The molecule has 0 aliphatic rings. The van der Waals surface area contributed by atoms with Crippen molar-refractivity contribution in [2.45, 2.75) is 6.04 Å². The topological polar surface area (TPSA) is 39.2 Å². The van der Waals surface area contributed by atoms with Crippen LogP contribution in [0, 0.1) is 11.6 Å². The zero-order valence-electron chi connectivity index (χ0n) is 7.78. The molecule has 4 heteroatoms. The van der Waals surface area contributed by atoms with Crippen molar-refractivity contribution < 1.29 is 13.2 Å². The summed E-state index contributed by atoms with van der Waals surface area (Å²) >= 11 is 0. The second-order valence-electron chi connectivity index (χ2n) is 3.24. The van der Waals surface area contributed by atoms with Gasteiger partial charge in [0.25, 0.3) is 0 Å². The number of benzene rings is 1. The SMILES string of the molecule is NC(c1ccoc1)c1cc(F)cc(F)c1. The van der Waals surface area contributed by atoms with Crippen LogP contribution >= 0.6 is 0 Å². The normalized spacial score (nSPS) is 12.7. The molecule has 2 aromatic rings. The molecule has 0 spiro atoms. The molecule has 78 valence electrons. The monoisotopic (exact) mass is 209 g/mol. The molecule has 1 atom stereocenters. The zero-order valence-corrected chi connectivity index (χ0v) is 7.78. The third-order valence-corrected chi connectivity index (χ3v) is 2.15. The number of rotatable bonds is 2. The Bertz CT molecular complexity index is 433. The van der Waals surface area contributed by atoms with Crippen LogP contribution in [0.3, 0.4) is 0 Å². The van der Waals surface area contributed by atoms with Gasteiger partial charge in [-0.3, -0.25) is 0 Å². The molecular weight excluding hydrogens is 200 g/mol. The molecule has 0 aliphatic carbocycles. The smallest absolute Gasteiger partial charge is 0.126 e. The first-order valence-corrected chi connectivity index (χ1v) is 4.40. The summed E-state index contributed by atoms with van der Waals surface area (Å²) in [5.74, 6) is -1.27. The molecule has 0 aliphatic heterocycles. The summed E-state index contributed by atoms with van der Waals surface area (Å²) in [7, 11) is 0. The predicted octanol–water partition coefficient (Wildman–Crippen LogP) is 2.61. The third kappa shape index (κ3) is 2.05. The van der Waals surface area contributed by atoms with Gasteiger partial charge in [-0.05, 0) is 23.8 Å². The second kappa shape index (κ2) is 3.82. The maximum Gasteiger partial charge on any atom is 0.126 e. The molecule has 2 rings (SSSR count). The van der Waals surface area contributed by atoms with Gasteiger partial charge in [0.15, 0.2) is 0 Å². The van der Waals surface area contributed by atoms with E-state index in [2.05, 4.69) is 0 Å². The van der Waals surface area contributed by atoms with E-state index in [9.17, 15) is 8.78 Å². The summed E-state index contributed by atoms with van der Waals surface area (Å²) in [6.07, 6.45) is 2.92. The van der Waals surface area contributed by atoms with Crippen LogP contribution in [0.2, 0.25) is 0 Å². The highest BCUT2D eigenvalue weighted by molar-refractivity contribution is 5.29. The van der Waals surface area contributed by atoms with Gasteiger partial charge in [0.2, 0.25) is 0 Å². The Hall–Kier alpha value is -1.68. The van der Waals surface area contributed by atoms with Crippen molar-refractivity contribution in [3.05, 3.63) is 59.6 Å². The van der Waals surface area contributed by atoms with Crippen LogP contribution in [-0.2, 0) is 0 Å². The Balaban J connectivity index is 2.37. The van der Waals surface area contributed by atoms with Gasteiger partial charge in [0.05, 0.1) is 18.6 Å². The molecular formula is C11H9F2NO. The first kappa shape index (κ1) is 9.86. The molecule has 2 nitrogen and oxygen atoms in total. The van der Waals surface area contributed by atoms with E-state index in [1.807, 2.05) is 0 Å². The summed E-state index contributed by atoms with van der Waals surface area (Å²) in [6, 6.07) is 4.31. The number of hydrogen-bond donors (Lipinski definition) is 1. The van der Waals surface area contributed by atoms with Gasteiger partial charge in [-0.15, -0.1) is 0 Å². The Labute approximate surface area is 85.3 Å².